The molecule has 98 valence electrons. The summed E-state index contributed by atoms with van der Waals surface area (Å²) >= 11 is 0. The second-order valence-corrected chi connectivity index (χ2v) is 5.32. The van der Waals surface area contributed by atoms with Gasteiger partial charge >= 0.3 is 0 Å². The van der Waals surface area contributed by atoms with Gasteiger partial charge in [0.1, 0.15) is 0 Å². The Bertz CT molecular complexity index is 419. The van der Waals surface area contributed by atoms with Crippen LogP contribution in [0, 0.1) is 0 Å². The molecule has 0 bridgehead atoms. The smallest absolute Gasteiger partial charge is 0.0721 e. The van der Waals surface area contributed by atoms with E-state index in [-0.39, 0.29) is 0 Å². The molecule has 0 radical (unpaired) electrons. The average molecular weight is 246 g/mol. The zero-order valence-electron chi connectivity index (χ0n) is 11.1. The fourth-order valence-corrected chi connectivity index (χ4v) is 2.97. The standard InChI is InChI=1S/C15H22N2O/c1-12-11-17(9-4-10-18-12)14-7-2-5-13-6-3-8-16-15(13)14/h2,5,7,12,16H,3-4,6,8-11H2,1H3. The molecule has 0 spiro atoms. The van der Waals surface area contributed by atoms with Gasteiger partial charge in [-0.1, -0.05) is 12.1 Å². The minimum absolute atomic E-state index is 0.326. The van der Waals surface area contributed by atoms with E-state index < -0.39 is 0 Å². The van der Waals surface area contributed by atoms with E-state index in [2.05, 4.69) is 35.3 Å². The summed E-state index contributed by atoms with van der Waals surface area (Å²) in [5.74, 6) is 0. The van der Waals surface area contributed by atoms with Crippen molar-refractivity contribution in [2.75, 3.05) is 36.5 Å². The Balaban J connectivity index is 1.90. The lowest BCUT2D eigenvalue weighted by Crippen LogP contribution is -2.31. The maximum absolute atomic E-state index is 5.74. The SMILES string of the molecule is CC1CN(c2cccc3c2NCCC3)CCCO1. The average Bonchev–Trinajstić information content (AvgIpc) is 2.63. The molecule has 0 saturated carbocycles. The van der Waals surface area contributed by atoms with Gasteiger partial charge in [0.15, 0.2) is 0 Å². The number of nitrogens with zero attached hydrogens (tertiary/aromatic N) is 1. The highest BCUT2D eigenvalue weighted by atomic mass is 16.5. The minimum Gasteiger partial charge on any atom is -0.383 e. The molecule has 3 heteroatoms. The first-order valence-electron chi connectivity index (χ1n) is 7.07. The van der Waals surface area contributed by atoms with E-state index in [1.165, 1.54) is 29.8 Å². The Morgan fingerprint density at radius 2 is 2.28 bits per heavy atom. The molecule has 1 aromatic rings. The molecule has 2 aliphatic heterocycles. The normalized spacial score (nSPS) is 24.1. The van der Waals surface area contributed by atoms with Crippen molar-refractivity contribution >= 4 is 11.4 Å². The molecule has 0 aromatic heterocycles. The molecule has 1 fully saturated rings. The quantitative estimate of drug-likeness (QED) is 0.824. The van der Waals surface area contributed by atoms with Gasteiger partial charge in [-0.2, -0.15) is 0 Å². The Morgan fingerprint density at radius 3 is 3.22 bits per heavy atom. The molecule has 3 nitrogen and oxygen atoms in total. The summed E-state index contributed by atoms with van der Waals surface area (Å²) in [7, 11) is 0. The second kappa shape index (κ2) is 5.19. The molecule has 2 heterocycles. The van der Waals surface area contributed by atoms with Crippen LogP contribution in [0.15, 0.2) is 18.2 Å². The second-order valence-electron chi connectivity index (χ2n) is 5.32. The first kappa shape index (κ1) is 11.8. The van der Waals surface area contributed by atoms with Crippen LogP contribution in [0.4, 0.5) is 11.4 Å². The number of nitrogens with one attached hydrogen (secondary N) is 1. The summed E-state index contributed by atoms with van der Waals surface area (Å²) < 4.78 is 5.74. The van der Waals surface area contributed by atoms with Gasteiger partial charge in [0.25, 0.3) is 0 Å². The van der Waals surface area contributed by atoms with Crippen LogP contribution in [0.3, 0.4) is 0 Å². The third-order valence-corrected chi connectivity index (χ3v) is 3.85. The van der Waals surface area contributed by atoms with Crippen molar-refractivity contribution < 1.29 is 4.74 Å². The Hall–Kier alpha value is -1.22. The van der Waals surface area contributed by atoms with Crippen molar-refractivity contribution in [3.8, 4) is 0 Å². The van der Waals surface area contributed by atoms with Gasteiger partial charge in [0.05, 0.1) is 17.5 Å². The first-order valence-corrected chi connectivity index (χ1v) is 7.07. The zero-order valence-corrected chi connectivity index (χ0v) is 11.1. The number of benzene rings is 1. The van der Waals surface area contributed by atoms with Crippen molar-refractivity contribution in [2.24, 2.45) is 0 Å². The van der Waals surface area contributed by atoms with Crippen molar-refractivity contribution in [1.29, 1.82) is 0 Å². The number of para-hydroxylation sites is 1. The molecule has 1 N–H and O–H groups in total. The number of anilines is 2. The lowest BCUT2D eigenvalue weighted by Gasteiger charge is -2.30. The van der Waals surface area contributed by atoms with Gasteiger partial charge in [-0.25, -0.2) is 0 Å². The van der Waals surface area contributed by atoms with Crippen LogP contribution >= 0.6 is 0 Å². The number of aryl methyl sites for hydroxylation is 1. The third-order valence-electron chi connectivity index (χ3n) is 3.85. The number of hydrogen-bond acceptors (Lipinski definition) is 3. The van der Waals surface area contributed by atoms with Crippen LogP contribution in [0.5, 0.6) is 0 Å². The predicted octanol–water partition coefficient (Wildman–Crippen LogP) is 2.66. The van der Waals surface area contributed by atoms with Gasteiger partial charge in [-0.05, 0) is 37.8 Å². The monoisotopic (exact) mass is 246 g/mol. The van der Waals surface area contributed by atoms with Gasteiger partial charge in [0, 0.05) is 26.2 Å². The largest absolute Gasteiger partial charge is 0.383 e. The van der Waals surface area contributed by atoms with Crippen molar-refractivity contribution in [3.63, 3.8) is 0 Å². The van der Waals surface area contributed by atoms with E-state index in [0.29, 0.717) is 6.10 Å². The van der Waals surface area contributed by atoms with E-state index in [9.17, 15) is 0 Å². The Kier molecular flexibility index (Phi) is 3.41. The summed E-state index contributed by atoms with van der Waals surface area (Å²) in [6, 6.07) is 6.69. The fraction of sp³-hybridized carbons (Fsp3) is 0.600. The molecule has 2 aliphatic rings. The summed E-state index contributed by atoms with van der Waals surface area (Å²) in [5, 5.41) is 3.58. The van der Waals surface area contributed by atoms with E-state index in [4.69, 9.17) is 4.74 Å². The molecule has 0 amide bonds. The number of fused-ring (bicyclic) bond motifs is 1. The molecular formula is C15H22N2O. The van der Waals surface area contributed by atoms with Gasteiger partial charge in [-0.3, -0.25) is 0 Å². The van der Waals surface area contributed by atoms with Crippen molar-refractivity contribution in [1.82, 2.24) is 0 Å². The van der Waals surface area contributed by atoms with Crippen LogP contribution in [0.2, 0.25) is 0 Å². The van der Waals surface area contributed by atoms with Gasteiger partial charge in [0.2, 0.25) is 0 Å². The highest BCUT2D eigenvalue weighted by Crippen LogP contribution is 2.33. The maximum atomic E-state index is 5.74. The summed E-state index contributed by atoms with van der Waals surface area (Å²) in [6.07, 6.45) is 3.90. The molecular weight excluding hydrogens is 224 g/mol. The van der Waals surface area contributed by atoms with E-state index in [0.717, 1.165) is 32.7 Å². The zero-order chi connectivity index (χ0) is 12.4. The first-order chi connectivity index (χ1) is 8.84. The Labute approximate surface area is 109 Å². The number of hydrogen-bond donors (Lipinski definition) is 1. The van der Waals surface area contributed by atoms with Crippen LogP contribution in [-0.2, 0) is 11.2 Å². The highest BCUT2D eigenvalue weighted by molar-refractivity contribution is 5.74. The lowest BCUT2D eigenvalue weighted by atomic mass is 10.0. The van der Waals surface area contributed by atoms with Gasteiger partial charge < -0.3 is 15.0 Å². The molecule has 1 saturated heterocycles. The van der Waals surface area contributed by atoms with Crippen LogP contribution in [-0.4, -0.2) is 32.3 Å². The topological polar surface area (TPSA) is 24.5 Å². The van der Waals surface area contributed by atoms with Crippen molar-refractivity contribution in [3.05, 3.63) is 23.8 Å². The lowest BCUT2D eigenvalue weighted by molar-refractivity contribution is 0.0821. The van der Waals surface area contributed by atoms with E-state index >= 15 is 0 Å². The fourth-order valence-electron chi connectivity index (χ4n) is 2.97. The van der Waals surface area contributed by atoms with E-state index in [1.807, 2.05) is 0 Å². The molecule has 3 rings (SSSR count). The molecule has 0 aliphatic carbocycles. The van der Waals surface area contributed by atoms with Crippen molar-refractivity contribution in [2.45, 2.75) is 32.3 Å². The number of ether oxygens (including phenoxy) is 1. The molecule has 18 heavy (non-hydrogen) atoms. The minimum atomic E-state index is 0.326. The van der Waals surface area contributed by atoms with Crippen LogP contribution in [0.25, 0.3) is 0 Å². The summed E-state index contributed by atoms with van der Waals surface area (Å²) in [5.41, 5.74) is 4.19. The predicted molar refractivity (Wildman–Crippen MR) is 75.5 cm³/mol. The molecule has 1 atom stereocenters. The maximum Gasteiger partial charge on any atom is 0.0721 e. The summed E-state index contributed by atoms with van der Waals surface area (Å²) in [6.45, 7) is 6.26. The molecule has 1 aromatic carbocycles. The van der Waals surface area contributed by atoms with Crippen LogP contribution < -0.4 is 10.2 Å². The highest BCUT2D eigenvalue weighted by Gasteiger charge is 2.20. The van der Waals surface area contributed by atoms with Crippen LogP contribution in [0.1, 0.15) is 25.3 Å². The van der Waals surface area contributed by atoms with Gasteiger partial charge in [-0.15, -0.1) is 0 Å². The molecule has 1 unspecified atom stereocenters. The Morgan fingerprint density at radius 1 is 1.33 bits per heavy atom. The third kappa shape index (κ3) is 2.32. The number of rotatable bonds is 1. The van der Waals surface area contributed by atoms with E-state index in [1.54, 1.807) is 0 Å². The summed E-state index contributed by atoms with van der Waals surface area (Å²) in [4.78, 5) is 2.48.